The molecule has 1 aromatic heterocycles. The molecule has 3 aromatic rings. The maximum atomic E-state index is 12.3. The first-order chi connectivity index (χ1) is 13.2. The molecule has 27 heavy (non-hydrogen) atoms. The van der Waals surface area contributed by atoms with E-state index in [1.807, 2.05) is 67.6 Å². The molecule has 5 nitrogen and oxygen atoms in total. The van der Waals surface area contributed by atoms with Crippen molar-refractivity contribution in [3.8, 4) is 22.8 Å². The summed E-state index contributed by atoms with van der Waals surface area (Å²) in [7, 11) is 0. The molecule has 1 aliphatic rings. The van der Waals surface area contributed by atoms with E-state index < -0.39 is 0 Å². The number of nitrogens with one attached hydrogen (secondary N) is 1. The van der Waals surface area contributed by atoms with Crippen LogP contribution in [0.2, 0.25) is 0 Å². The molecule has 138 valence electrons. The number of carbonyl (C=O) groups excluding carboxylic acids is 1. The van der Waals surface area contributed by atoms with E-state index in [1.165, 1.54) is 0 Å². The highest BCUT2D eigenvalue weighted by atomic mass is 16.7. The lowest BCUT2D eigenvalue weighted by molar-refractivity contribution is -0.121. The summed E-state index contributed by atoms with van der Waals surface area (Å²) in [6.07, 6.45) is 0.934. The summed E-state index contributed by atoms with van der Waals surface area (Å²) in [6, 6.07) is 19.4. The van der Waals surface area contributed by atoms with Gasteiger partial charge in [0.25, 0.3) is 0 Å². The number of rotatable bonds is 6. The molecule has 0 saturated carbocycles. The predicted octanol–water partition coefficient (Wildman–Crippen LogP) is 4.49. The Bertz CT molecular complexity index is 932. The van der Waals surface area contributed by atoms with E-state index in [0.29, 0.717) is 12.8 Å². The van der Waals surface area contributed by atoms with E-state index in [2.05, 4.69) is 5.32 Å². The monoisotopic (exact) mass is 363 g/mol. The quantitative estimate of drug-likeness (QED) is 0.701. The van der Waals surface area contributed by atoms with E-state index >= 15 is 0 Å². The van der Waals surface area contributed by atoms with Gasteiger partial charge in [-0.25, -0.2) is 0 Å². The Morgan fingerprint density at radius 3 is 2.70 bits per heavy atom. The molecular formula is C22H21NO4. The third-order valence-corrected chi connectivity index (χ3v) is 4.59. The van der Waals surface area contributed by atoms with Crippen molar-refractivity contribution in [1.82, 2.24) is 5.32 Å². The molecule has 0 bridgehead atoms. The Morgan fingerprint density at radius 2 is 1.85 bits per heavy atom. The van der Waals surface area contributed by atoms with E-state index in [-0.39, 0.29) is 18.7 Å². The zero-order chi connectivity index (χ0) is 18.6. The first-order valence-corrected chi connectivity index (χ1v) is 9.02. The van der Waals surface area contributed by atoms with Gasteiger partial charge >= 0.3 is 0 Å². The average molecular weight is 363 g/mol. The minimum atomic E-state index is -0.108. The van der Waals surface area contributed by atoms with Gasteiger partial charge in [0.15, 0.2) is 11.5 Å². The zero-order valence-electron chi connectivity index (χ0n) is 15.1. The third kappa shape index (κ3) is 3.97. The average Bonchev–Trinajstić information content (AvgIpc) is 3.36. The lowest BCUT2D eigenvalue weighted by atomic mass is 10.1. The minimum Gasteiger partial charge on any atom is -0.461 e. The van der Waals surface area contributed by atoms with Gasteiger partial charge in [-0.3, -0.25) is 4.79 Å². The number of furan rings is 1. The van der Waals surface area contributed by atoms with Crippen molar-refractivity contribution in [3.63, 3.8) is 0 Å². The normalized spacial score (nSPS) is 13.4. The zero-order valence-corrected chi connectivity index (χ0v) is 15.1. The van der Waals surface area contributed by atoms with Gasteiger partial charge in [0, 0.05) is 18.4 Å². The van der Waals surface area contributed by atoms with Crippen LogP contribution in [0, 0.1) is 0 Å². The van der Waals surface area contributed by atoms with Crippen molar-refractivity contribution in [3.05, 3.63) is 72.0 Å². The van der Waals surface area contributed by atoms with Gasteiger partial charge in [-0.1, -0.05) is 36.4 Å². The van der Waals surface area contributed by atoms with Gasteiger partial charge in [-0.15, -0.1) is 0 Å². The van der Waals surface area contributed by atoms with Gasteiger partial charge in [0.1, 0.15) is 11.5 Å². The number of benzene rings is 2. The second kappa shape index (κ2) is 7.58. The fourth-order valence-electron chi connectivity index (χ4n) is 3.09. The van der Waals surface area contributed by atoms with Crippen molar-refractivity contribution in [1.29, 1.82) is 0 Å². The number of ether oxygens (including phenoxy) is 2. The van der Waals surface area contributed by atoms with Crippen LogP contribution in [-0.2, 0) is 11.2 Å². The Balaban J connectivity index is 1.31. The highest BCUT2D eigenvalue weighted by molar-refractivity contribution is 5.76. The molecule has 0 aliphatic carbocycles. The molecule has 1 unspecified atom stereocenters. The molecule has 1 N–H and O–H groups in total. The van der Waals surface area contributed by atoms with E-state index in [4.69, 9.17) is 13.9 Å². The fraction of sp³-hybridized carbons (Fsp3) is 0.227. The Hall–Kier alpha value is -3.21. The van der Waals surface area contributed by atoms with Crippen LogP contribution < -0.4 is 14.8 Å². The smallest absolute Gasteiger partial charge is 0.231 e. The van der Waals surface area contributed by atoms with Gasteiger partial charge in [0.05, 0.1) is 6.04 Å². The summed E-state index contributed by atoms with van der Waals surface area (Å²) < 4.78 is 16.6. The Kier molecular flexibility index (Phi) is 4.83. The highest BCUT2D eigenvalue weighted by Crippen LogP contribution is 2.34. The van der Waals surface area contributed by atoms with Crippen molar-refractivity contribution in [2.45, 2.75) is 25.8 Å². The van der Waals surface area contributed by atoms with Crippen LogP contribution in [0.25, 0.3) is 11.3 Å². The topological polar surface area (TPSA) is 60.7 Å². The summed E-state index contributed by atoms with van der Waals surface area (Å²) in [4.78, 5) is 12.3. The number of carbonyl (C=O) groups is 1. The largest absolute Gasteiger partial charge is 0.461 e. The Morgan fingerprint density at radius 1 is 1.04 bits per heavy atom. The molecule has 4 rings (SSSR count). The van der Waals surface area contributed by atoms with Crippen LogP contribution in [0.5, 0.6) is 11.5 Å². The predicted molar refractivity (Wildman–Crippen MR) is 102 cm³/mol. The van der Waals surface area contributed by atoms with Gasteiger partial charge < -0.3 is 19.2 Å². The molecule has 0 fully saturated rings. The van der Waals surface area contributed by atoms with Crippen LogP contribution in [0.15, 0.2) is 65.1 Å². The summed E-state index contributed by atoms with van der Waals surface area (Å²) >= 11 is 0. The van der Waals surface area contributed by atoms with Crippen LogP contribution in [0.3, 0.4) is 0 Å². The first kappa shape index (κ1) is 17.2. The van der Waals surface area contributed by atoms with E-state index in [1.54, 1.807) is 0 Å². The summed E-state index contributed by atoms with van der Waals surface area (Å²) in [5.74, 6) is 3.07. The van der Waals surface area contributed by atoms with Crippen LogP contribution in [0.1, 0.15) is 30.7 Å². The van der Waals surface area contributed by atoms with Crippen LogP contribution in [0.4, 0.5) is 0 Å². The maximum Gasteiger partial charge on any atom is 0.231 e. The van der Waals surface area contributed by atoms with Gasteiger partial charge in [-0.2, -0.15) is 0 Å². The van der Waals surface area contributed by atoms with Crippen molar-refractivity contribution in [2.24, 2.45) is 0 Å². The molecule has 1 amide bonds. The SMILES string of the molecule is CC(NC(=O)CCc1ccc(-c2ccccc2)o1)c1ccc2c(c1)OCO2. The number of aryl methyl sites for hydroxylation is 1. The molecule has 2 aromatic carbocycles. The van der Waals surface area contributed by atoms with E-state index in [0.717, 1.165) is 34.1 Å². The van der Waals surface area contributed by atoms with Crippen molar-refractivity contribution < 1.29 is 18.7 Å². The molecule has 2 heterocycles. The number of hydrogen-bond donors (Lipinski definition) is 1. The number of amides is 1. The summed E-state index contributed by atoms with van der Waals surface area (Å²) in [6.45, 7) is 2.20. The molecule has 0 spiro atoms. The molecule has 1 atom stereocenters. The van der Waals surface area contributed by atoms with Gasteiger partial charge in [-0.05, 0) is 36.8 Å². The number of hydrogen-bond acceptors (Lipinski definition) is 4. The molecule has 1 aliphatic heterocycles. The minimum absolute atomic E-state index is 0.0159. The second-order valence-corrected chi connectivity index (χ2v) is 6.53. The first-order valence-electron chi connectivity index (χ1n) is 9.02. The van der Waals surface area contributed by atoms with Gasteiger partial charge in [0.2, 0.25) is 12.7 Å². The van der Waals surface area contributed by atoms with Crippen molar-refractivity contribution >= 4 is 5.91 Å². The van der Waals surface area contributed by atoms with Crippen LogP contribution >= 0.6 is 0 Å². The van der Waals surface area contributed by atoms with Crippen molar-refractivity contribution in [2.75, 3.05) is 6.79 Å². The molecular weight excluding hydrogens is 342 g/mol. The fourth-order valence-corrected chi connectivity index (χ4v) is 3.09. The standard InChI is InChI=1S/C22H21NO4/c1-15(17-7-10-20-21(13-17)26-14-25-20)23-22(24)12-9-18-8-11-19(27-18)16-5-3-2-4-6-16/h2-8,10-11,13,15H,9,12,14H2,1H3,(H,23,24). The molecule has 0 radical (unpaired) electrons. The summed E-state index contributed by atoms with van der Waals surface area (Å²) in [5.41, 5.74) is 2.02. The Labute approximate surface area is 157 Å². The second-order valence-electron chi connectivity index (χ2n) is 6.53. The summed E-state index contributed by atoms with van der Waals surface area (Å²) in [5, 5.41) is 3.02. The number of fused-ring (bicyclic) bond motifs is 1. The highest BCUT2D eigenvalue weighted by Gasteiger charge is 2.17. The maximum absolute atomic E-state index is 12.3. The van der Waals surface area contributed by atoms with Crippen LogP contribution in [-0.4, -0.2) is 12.7 Å². The van der Waals surface area contributed by atoms with E-state index in [9.17, 15) is 4.79 Å². The molecule has 0 saturated heterocycles. The lowest BCUT2D eigenvalue weighted by Gasteiger charge is -2.14. The molecule has 5 heteroatoms. The lowest BCUT2D eigenvalue weighted by Crippen LogP contribution is -2.26. The third-order valence-electron chi connectivity index (χ3n) is 4.59.